The molecule has 0 aliphatic rings. The number of hydrogen-bond donors (Lipinski definition) is 4. The molecule has 14 heteroatoms. The summed E-state index contributed by atoms with van der Waals surface area (Å²) >= 11 is 0. The normalized spacial score (nSPS) is 12.0. The van der Waals surface area contributed by atoms with Crippen molar-refractivity contribution in [3.8, 4) is 23.0 Å². The molecule has 0 saturated carbocycles. The van der Waals surface area contributed by atoms with Gasteiger partial charge < -0.3 is 31.2 Å². The summed E-state index contributed by atoms with van der Waals surface area (Å²) in [6.07, 6.45) is -12.2. The fraction of sp³-hybridized carbons (Fsp3) is 0.103. The molecule has 43 heavy (non-hydrogen) atoms. The van der Waals surface area contributed by atoms with E-state index >= 15 is 0 Å². The zero-order chi connectivity index (χ0) is 31.7. The highest BCUT2D eigenvalue weighted by molar-refractivity contribution is 5.92. The molecular weight excluding hydrogens is 586 g/mol. The Bertz CT molecular complexity index is 1580. The largest absolute Gasteiger partial charge is 0.478 e. The van der Waals surface area contributed by atoms with Gasteiger partial charge in [-0.1, -0.05) is 24.3 Å². The molecule has 4 rings (SSSR count). The first-order valence-corrected chi connectivity index (χ1v) is 12.0. The summed E-state index contributed by atoms with van der Waals surface area (Å²) in [5, 5.41) is 19.2. The third-order valence-electron chi connectivity index (χ3n) is 6.31. The van der Waals surface area contributed by atoms with Crippen molar-refractivity contribution in [3.63, 3.8) is 0 Å². The smallest absolute Gasteiger partial charge is 0.411 e. The fourth-order valence-corrected chi connectivity index (χ4v) is 4.43. The van der Waals surface area contributed by atoms with E-state index in [1.165, 1.54) is 48.5 Å². The number of nitrogens with two attached hydrogens (primary N) is 2. The van der Waals surface area contributed by atoms with E-state index in [2.05, 4.69) is 0 Å². The minimum atomic E-state index is -6.11. The number of alkyl halides is 6. The molecule has 0 aliphatic heterocycles. The molecule has 4 aromatic rings. The molecule has 0 saturated heterocycles. The second-order valence-corrected chi connectivity index (χ2v) is 9.13. The van der Waals surface area contributed by atoms with Crippen molar-refractivity contribution in [2.24, 2.45) is 0 Å². The predicted octanol–water partition coefficient (Wildman–Crippen LogP) is 7.24. The number of carboxylic acids is 2. The maximum atomic E-state index is 14.9. The lowest BCUT2D eigenvalue weighted by atomic mass is 9.72. The van der Waals surface area contributed by atoms with Crippen molar-refractivity contribution in [1.29, 1.82) is 0 Å². The molecule has 0 fully saturated rings. The summed E-state index contributed by atoms with van der Waals surface area (Å²) in [6, 6.07) is 12.9. The Morgan fingerprint density at radius 2 is 0.953 bits per heavy atom. The van der Waals surface area contributed by atoms with Gasteiger partial charge in [0.05, 0.1) is 0 Å². The summed E-state index contributed by atoms with van der Waals surface area (Å²) in [7, 11) is 0. The lowest BCUT2D eigenvalue weighted by Gasteiger charge is -2.38. The summed E-state index contributed by atoms with van der Waals surface area (Å²) in [5.74, 6) is -5.39. The zero-order valence-corrected chi connectivity index (χ0v) is 21.5. The van der Waals surface area contributed by atoms with E-state index < -0.39 is 63.5 Å². The molecule has 8 nitrogen and oxygen atoms in total. The molecule has 0 aromatic heterocycles. The quantitative estimate of drug-likeness (QED) is 0.121. The van der Waals surface area contributed by atoms with Crippen LogP contribution in [0.4, 0.5) is 37.7 Å². The maximum absolute atomic E-state index is 14.9. The number of ether oxygens (including phenoxy) is 2. The van der Waals surface area contributed by atoms with Gasteiger partial charge in [-0.2, -0.15) is 26.3 Å². The molecule has 0 bridgehead atoms. The maximum Gasteiger partial charge on any atom is 0.411 e. The number of benzene rings is 4. The summed E-state index contributed by atoms with van der Waals surface area (Å²) in [6.45, 7) is 0. The SMILES string of the molecule is Nc1cccc(Oc2cc(C(c3ccc(C(=O)O)c(Oc4cccc(N)c4)c3)(C(F)(F)F)C(F)(F)F)ccc2C(=O)O)c1. The van der Waals surface area contributed by atoms with Crippen molar-refractivity contribution < 1.29 is 55.6 Å². The van der Waals surface area contributed by atoms with Crippen molar-refractivity contribution in [3.05, 3.63) is 107 Å². The minimum Gasteiger partial charge on any atom is -0.478 e. The molecule has 224 valence electrons. The summed E-state index contributed by atoms with van der Waals surface area (Å²) in [5.41, 5.74) is 2.34. The van der Waals surface area contributed by atoms with E-state index in [4.69, 9.17) is 20.9 Å². The zero-order valence-electron chi connectivity index (χ0n) is 21.5. The van der Waals surface area contributed by atoms with Gasteiger partial charge in [0.2, 0.25) is 5.41 Å². The highest BCUT2D eigenvalue weighted by atomic mass is 19.4. The van der Waals surface area contributed by atoms with Gasteiger partial charge in [-0.25, -0.2) is 9.59 Å². The number of anilines is 2. The van der Waals surface area contributed by atoms with E-state index in [9.17, 15) is 46.1 Å². The van der Waals surface area contributed by atoms with E-state index in [0.29, 0.717) is 36.4 Å². The Hall–Kier alpha value is -5.40. The highest BCUT2D eigenvalue weighted by Gasteiger charge is 2.72. The van der Waals surface area contributed by atoms with Gasteiger partial charge in [0.1, 0.15) is 34.1 Å². The van der Waals surface area contributed by atoms with Crippen molar-refractivity contribution in [2.75, 3.05) is 11.5 Å². The number of carbonyl (C=O) groups is 2. The molecule has 0 spiro atoms. The van der Waals surface area contributed by atoms with Gasteiger partial charge in [0.25, 0.3) is 0 Å². The first-order valence-electron chi connectivity index (χ1n) is 12.0. The molecule has 0 aliphatic carbocycles. The van der Waals surface area contributed by atoms with Crippen LogP contribution in [0.3, 0.4) is 0 Å². The van der Waals surface area contributed by atoms with E-state index in [1.807, 2.05) is 0 Å². The molecule has 0 radical (unpaired) electrons. The highest BCUT2D eigenvalue weighted by Crippen LogP contribution is 2.57. The van der Waals surface area contributed by atoms with Crippen LogP contribution in [0.15, 0.2) is 84.9 Å². The topological polar surface area (TPSA) is 145 Å². The van der Waals surface area contributed by atoms with Crippen LogP contribution in [-0.4, -0.2) is 34.5 Å². The second-order valence-electron chi connectivity index (χ2n) is 9.13. The van der Waals surface area contributed by atoms with Crippen LogP contribution in [-0.2, 0) is 5.41 Å². The van der Waals surface area contributed by atoms with Crippen LogP contribution in [0, 0.1) is 0 Å². The predicted molar refractivity (Wildman–Crippen MR) is 142 cm³/mol. The third-order valence-corrected chi connectivity index (χ3v) is 6.31. The van der Waals surface area contributed by atoms with Crippen LogP contribution >= 0.6 is 0 Å². The first kappa shape index (κ1) is 30.6. The molecule has 0 unspecified atom stereocenters. The Morgan fingerprint density at radius 1 is 0.581 bits per heavy atom. The van der Waals surface area contributed by atoms with Crippen molar-refractivity contribution in [1.82, 2.24) is 0 Å². The third kappa shape index (κ3) is 5.84. The van der Waals surface area contributed by atoms with E-state index in [-0.39, 0.29) is 22.9 Å². The molecule has 6 N–H and O–H groups in total. The van der Waals surface area contributed by atoms with Gasteiger partial charge in [-0.3, -0.25) is 0 Å². The van der Waals surface area contributed by atoms with Crippen LogP contribution in [0.5, 0.6) is 23.0 Å². The van der Waals surface area contributed by atoms with Crippen LogP contribution < -0.4 is 20.9 Å². The molecule has 0 atom stereocenters. The Kier molecular flexibility index (Phi) is 7.90. The Labute approximate surface area is 238 Å². The van der Waals surface area contributed by atoms with Crippen LogP contribution in [0.25, 0.3) is 0 Å². The average molecular weight is 606 g/mol. The fourth-order valence-electron chi connectivity index (χ4n) is 4.43. The number of rotatable bonds is 8. The number of nitrogen functional groups attached to an aromatic ring is 2. The Balaban J connectivity index is 2.01. The second kappa shape index (κ2) is 11.1. The van der Waals surface area contributed by atoms with E-state index in [0.717, 1.165) is 0 Å². The standard InChI is InChI=1S/C29H20F6N2O6/c30-28(31,32)27(29(33,34)35,15-7-9-21(25(38)39)23(11-15)42-19-5-1-3-17(36)13-19)16-8-10-22(26(40)41)24(12-16)43-20-6-2-4-18(37)14-20/h1-14H,36-37H2,(H,38,39)(H,40,41). The van der Waals surface area contributed by atoms with Crippen LogP contribution in [0.1, 0.15) is 31.8 Å². The number of hydrogen-bond acceptors (Lipinski definition) is 6. The summed E-state index contributed by atoms with van der Waals surface area (Å²) < 4.78 is 100. The van der Waals surface area contributed by atoms with Gasteiger partial charge >= 0.3 is 24.3 Å². The van der Waals surface area contributed by atoms with Crippen molar-refractivity contribution in [2.45, 2.75) is 17.8 Å². The van der Waals surface area contributed by atoms with Crippen LogP contribution in [0.2, 0.25) is 0 Å². The number of aromatic carboxylic acids is 2. The molecule has 4 aromatic carbocycles. The average Bonchev–Trinajstić information content (AvgIpc) is 2.87. The lowest BCUT2D eigenvalue weighted by molar-refractivity contribution is -0.288. The Morgan fingerprint density at radius 3 is 1.26 bits per heavy atom. The minimum absolute atomic E-state index is 0.122. The number of halogens is 6. The van der Waals surface area contributed by atoms with E-state index in [1.54, 1.807) is 0 Å². The van der Waals surface area contributed by atoms with Gasteiger partial charge in [-0.05, 0) is 59.7 Å². The lowest BCUT2D eigenvalue weighted by Crippen LogP contribution is -2.54. The molecular formula is C29H20F6N2O6. The molecule has 0 amide bonds. The van der Waals surface area contributed by atoms with Crippen molar-refractivity contribution >= 4 is 23.3 Å². The number of carboxylic acid groups (broad SMARTS) is 2. The first-order chi connectivity index (χ1) is 20.0. The van der Waals surface area contributed by atoms with Gasteiger partial charge in [0, 0.05) is 23.5 Å². The molecule has 0 heterocycles. The van der Waals surface area contributed by atoms with Gasteiger partial charge in [0.15, 0.2) is 0 Å². The monoisotopic (exact) mass is 606 g/mol. The van der Waals surface area contributed by atoms with Gasteiger partial charge in [-0.15, -0.1) is 0 Å². The summed E-state index contributed by atoms with van der Waals surface area (Å²) in [4.78, 5) is 23.6.